The van der Waals surface area contributed by atoms with Gasteiger partial charge in [-0.15, -0.1) is 0 Å². The van der Waals surface area contributed by atoms with Crippen LogP contribution in [0.5, 0.6) is 0 Å². The molecule has 0 saturated carbocycles. The van der Waals surface area contributed by atoms with Crippen LogP contribution in [0.25, 0.3) is 0 Å². The van der Waals surface area contributed by atoms with Crippen LogP contribution in [0.3, 0.4) is 0 Å². The lowest BCUT2D eigenvalue weighted by Gasteiger charge is -2.14. The number of carbonyl (C=O) groups excluding carboxylic acids is 1. The maximum Gasteiger partial charge on any atom is 0.220 e. The molecule has 2 atom stereocenters. The van der Waals surface area contributed by atoms with Crippen LogP contribution in [0, 0.1) is 0 Å². The monoisotopic (exact) mass is 233 g/mol. The summed E-state index contributed by atoms with van der Waals surface area (Å²) in [5.74, 6) is 0.146. The molecule has 2 N–H and O–H groups in total. The Morgan fingerprint density at radius 3 is 2.76 bits per heavy atom. The Morgan fingerprint density at radius 1 is 1.35 bits per heavy atom. The second-order valence-electron chi connectivity index (χ2n) is 4.72. The van der Waals surface area contributed by atoms with Crippen LogP contribution in [0.2, 0.25) is 0 Å². The molecular weight excluding hydrogens is 214 g/mol. The highest BCUT2D eigenvalue weighted by Gasteiger charge is 2.21. The number of aliphatic hydroxyl groups excluding tert-OH is 1. The Morgan fingerprint density at radius 2 is 2.12 bits per heavy atom. The average molecular weight is 233 g/mol. The van der Waals surface area contributed by atoms with E-state index in [1.54, 1.807) is 0 Å². The SMILES string of the molecule is O=C1CCC(CCC(O)Cc2ccccc2)N1. The molecule has 0 aromatic heterocycles. The number of nitrogens with one attached hydrogen (secondary N) is 1. The van der Waals surface area contributed by atoms with E-state index in [-0.39, 0.29) is 18.1 Å². The van der Waals surface area contributed by atoms with E-state index in [2.05, 4.69) is 5.32 Å². The van der Waals surface area contributed by atoms with E-state index in [0.717, 1.165) is 24.8 Å². The summed E-state index contributed by atoms with van der Waals surface area (Å²) in [6.45, 7) is 0. The summed E-state index contributed by atoms with van der Waals surface area (Å²) in [6, 6.07) is 10.3. The topological polar surface area (TPSA) is 49.3 Å². The number of aliphatic hydroxyl groups is 1. The Kier molecular flexibility index (Phi) is 4.15. The van der Waals surface area contributed by atoms with Crippen LogP contribution in [-0.2, 0) is 11.2 Å². The van der Waals surface area contributed by atoms with Crippen molar-refractivity contribution in [3.05, 3.63) is 35.9 Å². The van der Waals surface area contributed by atoms with Crippen molar-refractivity contribution in [2.24, 2.45) is 0 Å². The Bertz CT molecular complexity index is 364. The molecule has 1 amide bonds. The van der Waals surface area contributed by atoms with Crippen molar-refractivity contribution in [1.29, 1.82) is 0 Å². The number of hydrogen-bond donors (Lipinski definition) is 2. The third kappa shape index (κ3) is 3.86. The van der Waals surface area contributed by atoms with Crippen LogP contribution in [-0.4, -0.2) is 23.2 Å². The molecule has 1 aromatic carbocycles. The molecular formula is C14H19NO2. The van der Waals surface area contributed by atoms with Gasteiger partial charge in [0.15, 0.2) is 0 Å². The van der Waals surface area contributed by atoms with Crippen LogP contribution >= 0.6 is 0 Å². The van der Waals surface area contributed by atoms with Gasteiger partial charge in [-0.2, -0.15) is 0 Å². The van der Waals surface area contributed by atoms with Crippen molar-refractivity contribution < 1.29 is 9.90 Å². The largest absolute Gasteiger partial charge is 0.393 e. The molecule has 92 valence electrons. The van der Waals surface area contributed by atoms with Gasteiger partial charge in [0.1, 0.15) is 0 Å². The smallest absolute Gasteiger partial charge is 0.220 e. The zero-order chi connectivity index (χ0) is 12.1. The van der Waals surface area contributed by atoms with Crippen LogP contribution in [0.15, 0.2) is 30.3 Å². The van der Waals surface area contributed by atoms with Crippen molar-refractivity contribution in [2.75, 3.05) is 0 Å². The highest BCUT2D eigenvalue weighted by Crippen LogP contribution is 2.15. The average Bonchev–Trinajstić information content (AvgIpc) is 2.74. The maximum atomic E-state index is 11.0. The molecule has 0 bridgehead atoms. The van der Waals surface area contributed by atoms with Gasteiger partial charge >= 0.3 is 0 Å². The molecule has 0 aliphatic carbocycles. The molecule has 1 heterocycles. The molecule has 1 aliphatic heterocycles. The van der Waals surface area contributed by atoms with E-state index in [9.17, 15) is 9.90 Å². The third-order valence-electron chi connectivity index (χ3n) is 3.25. The van der Waals surface area contributed by atoms with Crippen molar-refractivity contribution in [3.63, 3.8) is 0 Å². The van der Waals surface area contributed by atoms with Crippen LogP contribution in [0.1, 0.15) is 31.2 Å². The lowest BCUT2D eigenvalue weighted by atomic mass is 10.0. The van der Waals surface area contributed by atoms with Gasteiger partial charge in [-0.3, -0.25) is 4.79 Å². The fraction of sp³-hybridized carbons (Fsp3) is 0.500. The molecule has 0 radical (unpaired) electrons. The van der Waals surface area contributed by atoms with Gasteiger partial charge in [0.2, 0.25) is 5.91 Å². The first-order valence-electron chi connectivity index (χ1n) is 6.25. The molecule has 1 aliphatic rings. The molecule has 2 unspecified atom stereocenters. The standard InChI is InChI=1S/C14H19NO2/c16-13(10-11-4-2-1-3-5-11)8-6-12-7-9-14(17)15-12/h1-5,12-13,16H,6-10H2,(H,15,17). The predicted octanol–water partition coefficient (Wildman–Crippen LogP) is 1.65. The van der Waals surface area contributed by atoms with Gasteiger partial charge in [0.25, 0.3) is 0 Å². The van der Waals surface area contributed by atoms with E-state index < -0.39 is 0 Å². The van der Waals surface area contributed by atoms with E-state index in [4.69, 9.17) is 0 Å². The summed E-state index contributed by atoms with van der Waals surface area (Å²) in [7, 11) is 0. The van der Waals surface area contributed by atoms with Crippen LogP contribution in [0.4, 0.5) is 0 Å². The van der Waals surface area contributed by atoms with Gasteiger partial charge in [-0.05, 0) is 31.2 Å². The van der Waals surface area contributed by atoms with Gasteiger partial charge < -0.3 is 10.4 Å². The minimum atomic E-state index is -0.310. The summed E-state index contributed by atoms with van der Waals surface area (Å²) in [5, 5.41) is 12.8. The third-order valence-corrected chi connectivity index (χ3v) is 3.25. The second-order valence-corrected chi connectivity index (χ2v) is 4.72. The fourth-order valence-corrected chi connectivity index (χ4v) is 2.28. The van der Waals surface area contributed by atoms with Crippen molar-refractivity contribution in [2.45, 2.75) is 44.2 Å². The van der Waals surface area contributed by atoms with E-state index >= 15 is 0 Å². The summed E-state index contributed by atoms with van der Waals surface area (Å²) < 4.78 is 0. The molecule has 1 fully saturated rings. The van der Waals surface area contributed by atoms with Crippen molar-refractivity contribution >= 4 is 5.91 Å². The van der Waals surface area contributed by atoms with Gasteiger partial charge in [0, 0.05) is 12.5 Å². The van der Waals surface area contributed by atoms with Crippen molar-refractivity contribution in [3.8, 4) is 0 Å². The lowest BCUT2D eigenvalue weighted by molar-refractivity contribution is -0.119. The highest BCUT2D eigenvalue weighted by atomic mass is 16.3. The number of carbonyl (C=O) groups is 1. The van der Waals surface area contributed by atoms with Crippen molar-refractivity contribution in [1.82, 2.24) is 5.32 Å². The summed E-state index contributed by atoms with van der Waals surface area (Å²) in [6.07, 6.45) is 3.56. The molecule has 3 heteroatoms. The zero-order valence-electron chi connectivity index (χ0n) is 9.93. The normalized spacial score (nSPS) is 21.2. The summed E-state index contributed by atoms with van der Waals surface area (Å²) in [5.41, 5.74) is 1.16. The molecule has 1 aromatic rings. The van der Waals surface area contributed by atoms with Gasteiger partial charge in [-0.1, -0.05) is 30.3 Å². The molecule has 0 spiro atoms. The zero-order valence-corrected chi connectivity index (χ0v) is 9.93. The van der Waals surface area contributed by atoms with E-state index in [1.807, 2.05) is 30.3 Å². The molecule has 2 rings (SSSR count). The van der Waals surface area contributed by atoms with Crippen LogP contribution < -0.4 is 5.32 Å². The first-order chi connectivity index (χ1) is 8.24. The van der Waals surface area contributed by atoms with E-state index in [0.29, 0.717) is 12.8 Å². The quantitative estimate of drug-likeness (QED) is 0.812. The lowest BCUT2D eigenvalue weighted by Crippen LogP contribution is -2.26. The van der Waals surface area contributed by atoms with E-state index in [1.165, 1.54) is 0 Å². The number of hydrogen-bond acceptors (Lipinski definition) is 2. The molecule has 3 nitrogen and oxygen atoms in total. The highest BCUT2D eigenvalue weighted by molar-refractivity contribution is 5.78. The summed E-state index contributed by atoms with van der Waals surface area (Å²) in [4.78, 5) is 11.0. The molecule has 17 heavy (non-hydrogen) atoms. The predicted molar refractivity (Wildman–Crippen MR) is 66.6 cm³/mol. The minimum absolute atomic E-state index is 0.146. The summed E-state index contributed by atoms with van der Waals surface area (Å²) >= 11 is 0. The fourth-order valence-electron chi connectivity index (χ4n) is 2.28. The molecule has 1 saturated heterocycles. The number of benzene rings is 1. The Labute approximate surface area is 102 Å². The first kappa shape index (κ1) is 12.1. The second kappa shape index (κ2) is 5.82. The van der Waals surface area contributed by atoms with Gasteiger partial charge in [-0.25, -0.2) is 0 Å². The number of amides is 1. The maximum absolute atomic E-state index is 11.0. The Balaban J connectivity index is 1.71. The van der Waals surface area contributed by atoms with Gasteiger partial charge in [0.05, 0.1) is 6.10 Å². The minimum Gasteiger partial charge on any atom is -0.393 e. The first-order valence-corrected chi connectivity index (χ1v) is 6.25. The number of rotatable bonds is 5. The Hall–Kier alpha value is -1.35.